The van der Waals surface area contributed by atoms with Crippen LogP contribution in [0.2, 0.25) is 0 Å². The van der Waals surface area contributed by atoms with Crippen molar-refractivity contribution in [3.8, 4) is 0 Å². The van der Waals surface area contributed by atoms with E-state index in [-0.39, 0.29) is 0 Å². The van der Waals surface area contributed by atoms with Crippen LogP contribution >= 0.6 is 0 Å². The summed E-state index contributed by atoms with van der Waals surface area (Å²) in [6, 6.07) is 1.44. The summed E-state index contributed by atoms with van der Waals surface area (Å²) in [5.41, 5.74) is 3.79. The minimum atomic E-state index is 0.346. The third-order valence-electron chi connectivity index (χ3n) is 5.91. The fourth-order valence-electron chi connectivity index (χ4n) is 4.08. The van der Waals surface area contributed by atoms with Crippen molar-refractivity contribution < 1.29 is 5.11 Å². The molecule has 2 N–H and O–H groups in total. The maximum atomic E-state index is 8.82. The van der Waals surface area contributed by atoms with Crippen molar-refractivity contribution in [2.75, 3.05) is 52.9 Å². The topological polar surface area (TPSA) is 42.0 Å². The molecule has 0 spiro atoms. The monoisotopic (exact) mass is 340 g/mol. The van der Waals surface area contributed by atoms with Gasteiger partial charge in [-0.3, -0.25) is 5.43 Å². The van der Waals surface area contributed by atoms with Crippen molar-refractivity contribution in [3.05, 3.63) is 0 Å². The molecule has 142 valence electrons. The Balaban J connectivity index is 1.56. The molecular formula is C19H40N4O. The largest absolute Gasteiger partial charge is 0.396 e. The van der Waals surface area contributed by atoms with E-state index in [1.165, 1.54) is 84.2 Å². The van der Waals surface area contributed by atoms with Gasteiger partial charge in [0.25, 0.3) is 0 Å². The van der Waals surface area contributed by atoms with Gasteiger partial charge in [-0.05, 0) is 71.8 Å². The van der Waals surface area contributed by atoms with Crippen LogP contribution in [0.15, 0.2) is 0 Å². The van der Waals surface area contributed by atoms with Crippen LogP contribution in [0.4, 0.5) is 0 Å². The molecule has 0 unspecified atom stereocenters. The number of piperidine rings is 2. The molecule has 0 aromatic heterocycles. The Morgan fingerprint density at radius 3 is 2.25 bits per heavy atom. The highest BCUT2D eigenvalue weighted by atomic mass is 16.2. The average molecular weight is 341 g/mol. The zero-order valence-corrected chi connectivity index (χ0v) is 16.1. The number of hydrogen-bond acceptors (Lipinski definition) is 5. The standard InChI is InChI=1S/C19H40N4O/c1-3-22-13-8-18(9-14-22)20-23-15-10-19(11-16-23)21(2)12-6-4-5-7-17-24/h18-20,24H,3-17H2,1-2H3. The van der Waals surface area contributed by atoms with Crippen LogP contribution in [-0.2, 0) is 0 Å². The van der Waals surface area contributed by atoms with Gasteiger partial charge in [0.2, 0.25) is 0 Å². The Hall–Kier alpha value is -0.200. The minimum absolute atomic E-state index is 0.346. The Bertz CT molecular complexity index is 312. The lowest BCUT2D eigenvalue weighted by Gasteiger charge is -2.40. The maximum Gasteiger partial charge on any atom is 0.0431 e. The van der Waals surface area contributed by atoms with Crippen molar-refractivity contribution in [3.63, 3.8) is 0 Å². The van der Waals surface area contributed by atoms with E-state index < -0.39 is 0 Å². The summed E-state index contributed by atoms with van der Waals surface area (Å²) < 4.78 is 0. The van der Waals surface area contributed by atoms with Crippen LogP contribution in [0.1, 0.15) is 58.3 Å². The van der Waals surface area contributed by atoms with Gasteiger partial charge < -0.3 is 14.9 Å². The highest BCUT2D eigenvalue weighted by Gasteiger charge is 2.25. The molecule has 2 saturated heterocycles. The SMILES string of the molecule is CCN1CCC(NN2CCC(N(C)CCCCCCO)CC2)CC1. The Kier molecular flexibility index (Phi) is 9.57. The van der Waals surface area contributed by atoms with Gasteiger partial charge in [0, 0.05) is 31.8 Å². The molecule has 0 aliphatic carbocycles. The molecule has 0 atom stereocenters. The van der Waals surface area contributed by atoms with Gasteiger partial charge in [0.05, 0.1) is 0 Å². The number of hydrogen-bond donors (Lipinski definition) is 2. The zero-order valence-electron chi connectivity index (χ0n) is 16.1. The fraction of sp³-hybridized carbons (Fsp3) is 1.00. The molecule has 0 amide bonds. The van der Waals surface area contributed by atoms with E-state index in [4.69, 9.17) is 5.11 Å². The third kappa shape index (κ3) is 6.96. The van der Waals surface area contributed by atoms with E-state index in [1.54, 1.807) is 0 Å². The fourth-order valence-corrected chi connectivity index (χ4v) is 4.08. The van der Waals surface area contributed by atoms with Gasteiger partial charge in [-0.1, -0.05) is 19.8 Å². The molecule has 0 bridgehead atoms. The summed E-state index contributed by atoms with van der Waals surface area (Å²) in [5, 5.41) is 11.3. The molecule has 2 aliphatic heterocycles. The molecule has 2 aliphatic rings. The summed E-state index contributed by atoms with van der Waals surface area (Å²) in [4.78, 5) is 5.12. The van der Waals surface area contributed by atoms with Gasteiger partial charge in [0.15, 0.2) is 0 Å². The molecule has 5 nitrogen and oxygen atoms in total. The normalized spacial score (nSPS) is 22.5. The van der Waals surface area contributed by atoms with Gasteiger partial charge in [0.1, 0.15) is 0 Å². The second-order valence-electron chi connectivity index (χ2n) is 7.67. The van der Waals surface area contributed by atoms with Crippen LogP contribution < -0.4 is 5.43 Å². The zero-order chi connectivity index (χ0) is 17.2. The number of unbranched alkanes of at least 4 members (excludes halogenated alkanes) is 3. The number of rotatable bonds is 10. The van der Waals surface area contributed by atoms with Crippen LogP contribution in [0.5, 0.6) is 0 Å². The molecule has 24 heavy (non-hydrogen) atoms. The van der Waals surface area contributed by atoms with Crippen molar-refractivity contribution in [2.24, 2.45) is 0 Å². The number of aliphatic hydroxyl groups is 1. The first-order chi connectivity index (χ1) is 11.7. The van der Waals surface area contributed by atoms with Crippen LogP contribution in [0.25, 0.3) is 0 Å². The predicted molar refractivity (Wildman–Crippen MR) is 101 cm³/mol. The molecule has 0 saturated carbocycles. The highest BCUT2D eigenvalue weighted by Crippen LogP contribution is 2.17. The molecule has 0 aromatic rings. The number of hydrazine groups is 1. The molecule has 2 rings (SSSR count). The summed E-state index contributed by atoms with van der Waals surface area (Å²) in [5.74, 6) is 0. The molecule has 5 heteroatoms. The first-order valence-electron chi connectivity index (χ1n) is 10.3. The summed E-state index contributed by atoms with van der Waals surface area (Å²) in [7, 11) is 2.29. The van der Waals surface area contributed by atoms with Crippen LogP contribution in [0, 0.1) is 0 Å². The first-order valence-corrected chi connectivity index (χ1v) is 10.3. The minimum Gasteiger partial charge on any atom is -0.396 e. The van der Waals surface area contributed by atoms with Gasteiger partial charge >= 0.3 is 0 Å². The number of aliphatic hydroxyl groups excluding tert-OH is 1. The summed E-state index contributed by atoms with van der Waals surface area (Å²) in [6.45, 7) is 9.90. The summed E-state index contributed by atoms with van der Waals surface area (Å²) in [6.07, 6.45) is 9.81. The average Bonchev–Trinajstić information content (AvgIpc) is 2.62. The van der Waals surface area contributed by atoms with Crippen LogP contribution in [0.3, 0.4) is 0 Å². The lowest BCUT2D eigenvalue weighted by atomic mass is 10.0. The third-order valence-corrected chi connectivity index (χ3v) is 5.91. The maximum absolute atomic E-state index is 8.82. The lowest BCUT2D eigenvalue weighted by Crippen LogP contribution is -2.54. The Morgan fingerprint density at radius 1 is 0.958 bits per heavy atom. The van der Waals surface area contributed by atoms with E-state index in [9.17, 15) is 0 Å². The quantitative estimate of drug-likeness (QED) is 0.595. The second-order valence-corrected chi connectivity index (χ2v) is 7.67. The first kappa shape index (κ1) is 20.1. The Labute approximate surface area is 149 Å². The highest BCUT2D eigenvalue weighted by molar-refractivity contribution is 4.80. The van der Waals surface area contributed by atoms with Crippen molar-refractivity contribution in [1.29, 1.82) is 0 Å². The van der Waals surface area contributed by atoms with E-state index in [2.05, 4.69) is 34.2 Å². The van der Waals surface area contributed by atoms with Gasteiger partial charge in [-0.15, -0.1) is 0 Å². The van der Waals surface area contributed by atoms with Crippen molar-refractivity contribution >= 4 is 0 Å². The van der Waals surface area contributed by atoms with Crippen molar-refractivity contribution in [2.45, 2.75) is 70.4 Å². The van der Waals surface area contributed by atoms with E-state index >= 15 is 0 Å². The number of likely N-dealkylation sites (tertiary alicyclic amines) is 1. The number of nitrogens with zero attached hydrogens (tertiary/aromatic N) is 3. The van der Waals surface area contributed by atoms with E-state index in [1.807, 2.05) is 0 Å². The van der Waals surface area contributed by atoms with E-state index in [0.29, 0.717) is 12.6 Å². The smallest absolute Gasteiger partial charge is 0.0431 e. The molecular weight excluding hydrogens is 300 g/mol. The van der Waals surface area contributed by atoms with Gasteiger partial charge in [-0.2, -0.15) is 0 Å². The molecule has 2 heterocycles. The number of nitrogens with one attached hydrogen (secondary N) is 1. The molecule has 2 fully saturated rings. The lowest BCUT2D eigenvalue weighted by molar-refractivity contribution is 0.0607. The van der Waals surface area contributed by atoms with E-state index in [0.717, 1.165) is 12.5 Å². The van der Waals surface area contributed by atoms with Crippen LogP contribution in [-0.4, -0.2) is 84.9 Å². The van der Waals surface area contributed by atoms with Gasteiger partial charge in [-0.25, -0.2) is 5.01 Å². The summed E-state index contributed by atoms with van der Waals surface area (Å²) >= 11 is 0. The second kappa shape index (κ2) is 11.4. The Morgan fingerprint density at radius 2 is 1.62 bits per heavy atom. The molecule has 0 radical (unpaired) electrons. The molecule has 0 aromatic carbocycles. The van der Waals surface area contributed by atoms with Crippen molar-refractivity contribution in [1.82, 2.24) is 20.2 Å². The predicted octanol–water partition coefficient (Wildman–Crippen LogP) is 1.92.